The van der Waals surface area contributed by atoms with E-state index in [1.54, 1.807) is 11.8 Å². The molecule has 0 spiro atoms. The summed E-state index contributed by atoms with van der Waals surface area (Å²) in [5, 5.41) is 0. The fraction of sp³-hybridized carbons (Fsp3) is 0.417. The maximum absolute atomic E-state index is 5.36. The maximum atomic E-state index is 5.36. The predicted molar refractivity (Wildman–Crippen MR) is 72.7 cm³/mol. The fourth-order valence-electron chi connectivity index (χ4n) is 1.36. The molecule has 2 rings (SSSR count). The van der Waals surface area contributed by atoms with Gasteiger partial charge in [-0.2, -0.15) is 0 Å². The van der Waals surface area contributed by atoms with Crippen molar-refractivity contribution in [3.05, 3.63) is 35.9 Å². The molecule has 1 fully saturated rings. The van der Waals surface area contributed by atoms with Crippen LogP contribution < -0.4 is 0 Å². The monoisotopic (exact) mass is 253 g/mol. The Morgan fingerprint density at radius 3 is 2.81 bits per heavy atom. The van der Waals surface area contributed by atoms with Crippen LogP contribution in [0, 0.1) is 0 Å². The topological polar surface area (TPSA) is 15.8 Å². The first kappa shape index (κ1) is 11.9. The molecule has 86 valence electrons. The van der Waals surface area contributed by atoms with E-state index in [0.717, 1.165) is 23.2 Å². The Balaban J connectivity index is 1.77. The number of thioether (sulfide) groups is 1. The molecule has 0 amide bonds. The van der Waals surface area contributed by atoms with Gasteiger partial charge in [0.1, 0.15) is 4.32 Å². The lowest BCUT2D eigenvalue weighted by molar-refractivity contribution is 0.426. The van der Waals surface area contributed by atoms with Gasteiger partial charge in [-0.05, 0) is 5.56 Å². The Morgan fingerprint density at radius 1 is 1.50 bits per heavy atom. The smallest absolute Gasteiger partial charge is 0.136 e. The van der Waals surface area contributed by atoms with Gasteiger partial charge in [0.15, 0.2) is 0 Å². The summed E-state index contributed by atoms with van der Waals surface area (Å²) in [5.41, 5.74) is 1.29. The van der Waals surface area contributed by atoms with Crippen LogP contribution in [-0.2, 0) is 11.3 Å². The molecule has 1 aliphatic heterocycles. The van der Waals surface area contributed by atoms with Crippen molar-refractivity contribution in [3.63, 3.8) is 0 Å². The van der Waals surface area contributed by atoms with E-state index in [-0.39, 0.29) is 0 Å². The predicted octanol–water partition coefficient (Wildman–Crippen LogP) is 2.54. The minimum absolute atomic E-state index is 0.438. The highest BCUT2D eigenvalue weighted by molar-refractivity contribution is 8.22. The Morgan fingerprint density at radius 2 is 2.19 bits per heavy atom. The molecule has 1 aliphatic rings. The Labute approximate surface area is 106 Å². The molecular formula is C12H15NOS2. The number of hydrogen-bond acceptors (Lipinski definition) is 3. The van der Waals surface area contributed by atoms with E-state index < -0.39 is 0 Å². The highest BCUT2D eigenvalue weighted by atomic mass is 32.2. The Kier molecular flexibility index (Phi) is 4.21. The first-order valence-electron chi connectivity index (χ1n) is 5.29. The van der Waals surface area contributed by atoms with Crippen LogP contribution >= 0.6 is 24.0 Å². The van der Waals surface area contributed by atoms with E-state index >= 15 is 0 Å². The number of benzene rings is 1. The average Bonchev–Trinajstić information content (AvgIpc) is 3.11. The van der Waals surface area contributed by atoms with E-state index in [0.29, 0.717) is 6.10 Å². The molecule has 4 heteroatoms. The van der Waals surface area contributed by atoms with Gasteiger partial charge >= 0.3 is 0 Å². The van der Waals surface area contributed by atoms with Gasteiger partial charge < -0.3 is 9.64 Å². The molecule has 0 N–H and O–H groups in total. The highest BCUT2D eigenvalue weighted by Crippen LogP contribution is 2.19. The summed E-state index contributed by atoms with van der Waals surface area (Å²) in [6.45, 7) is 1.77. The van der Waals surface area contributed by atoms with Gasteiger partial charge in [-0.15, -0.1) is 0 Å². The highest BCUT2D eigenvalue weighted by Gasteiger charge is 2.23. The van der Waals surface area contributed by atoms with Crippen LogP contribution in [0.1, 0.15) is 5.56 Å². The molecule has 1 atom stereocenters. The van der Waals surface area contributed by atoms with Gasteiger partial charge in [-0.1, -0.05) is 54.3 Å². The molecule has 1 unspecified atom stereocenters. The van der Waals surface area contributed by atoms with Gasteiger partial charge in [0.2, 0.25) is 0 Å². The van der Waals surface area contributed by atoms with Crippen molar-refractivity contribution in [2.75, 3.05) is 19.4 Å². The molecule has 16 heavy (non-hydrogen) atoms. The van der Waals surface area contributed by atoms with Crippen molar-refractivity contribution in [1.82, 2.24) is 4.90 Å². The second-order valence-electron chi connectivity index (χ2n) is 3.87. The molecular weight excluding hydrogens is 238 g/mol. The summed E-state index contributed by atoms with van der Waals surface area (Å²) in [7, 11) is 2.04. The molecule has 0 aromatic heterocycles. The lowest BCUT2D eigenvalue weighted by atomic mass is 10.2. The summed E-state index contributed by atoms with van der Waals surface area (Å²) < 4.78 is 6.10. The number of nitrogens with zero attached hydrogens (tertiary/aromatic N) is 1. The van der Waals surface area contributed by atoms with E-state index in [1.807, 2.05) is 13.1 Å². The third-order valence-corrected chi connectivity index (χ3v) is 4.13. The van der Waals surface area contributed by atoms with Crippen molar-refractivity contribution < 1.29 is 4.74 Å². The van der Waals surface area contributed by atoms with Crippen molar-refractivity contribution in [1.29, 1.82) is 0 Å². The van der Waals surface area contributed by atoms with Crippen molar-refractivity contribution >= 4 is 28.3 Å². The zero-order chi connectivity index (χ0) is 11.4. The van der Waals surface area contributed by atoms with E-state index in [2.05, 4.69) is 29.2 Å². The van der Waals surface area contributed by atoms with Crippen LogP contribution in [0.4, 0.5) is 0 Å². The number of hydrogen-bond donors (Lipinski definition) is 0. The van der Waals surface area contributed by atoms with Gasteiger partial charge in [0.05, 0.1) is 12.7 Å². The quantitative estimate of drug-likeness (QED) is 0.605. The second-order valence-corrected chi connectivity index (χ2v) is 5.53. The van der Waals surface area contributed by atoms with Crippen LogP contribution in [0.2, 0.25) is 0 Å². The lowest BCUT2D eigenvalue weighted by Crippen LogP contribution is -2.22. The zero-order valence-electron chi connectivity index (χ0n) is 9.26. The van der Waals surface area contributed by atoms with Crippen molar-refractivity contribution in [3.8, 4) is 0 Å². The van der Waals surface area contributed by atoms with Gasteiger partial charge in [0, 0.05) is 19.3 Å². The number of thiocarbonyl (C=S) groups is 1. The largest absolute Gasteiger partial charge is 0.372 e. The first-order chi connectivity index (χ1) is 7.75. The summed E-state index contributed by atoms with van der Waals surface area (Å²) in [6.07, 6.45) is 0.438. The van der Waals surface area contributed by atoms with Crippen LogP contribution in [0.15, 0.2) is 30.3 Å². The third-order valence-electron chi connectivity index (χ3n) is 2.37. The number of epoxide rings is 1. The molecule has 1 heterocycles. The molecule has 0 saturated carbocycles. The minimum Gasteiger partial charge on any atom is -0.372 e. The summed E-state index contributed by atoms with van der Waals surface area (Å²) in [6, 6.07) is 10.4. The van der Waals surface area contributed by atoms with Crippen LogP contribution in [0.25, 0.3) is 0 Å². The maximum Gasteiger partial charge on any atom is 0.136 e. The first-order valence-corrected chi connectivity index (χ1v) is 6.68. The Bertz CT molecular complexity index is 351. The molecule has 1 saturated heterocycles. The third kappa shape index (κ3) is 3.77. The summed E-state index contributed by atoms with van der Waals surface area (Å²) >= 11 is 7.06. The molecule has 0 radical (unpaired) electrons. The van der Waals surface area contributed by atoms with E-state index in [9.17, 15) is 0 Å². The number of rotatable bonds is 4. The molecule has 1 aromatic carbocycles. The minimum atomic E-state index is 0.438. The van der Waals surface area contributed by atoms with Crippen LogP contribution in [0.5, 0.6) is 0 Å². The molecule has 0 aliphatic carbocycles. The summed E-state index contributed by atoms with van der Waals surface area (Å²) in [4.78, 5) is 2.11. The summed E-state index contributed by atoms with van der Waals surface area (Å²) in [5.74, 6) is 0.984. The average molecular weight is 253 g/mol. The van der Waals surface area contributed by atoms with Crippen molar-refractivity contribution in [2.24, 2.45) is 0 Å². The fourth-order valence-corrected chi connectivity index (χ4v) is 2.44. The number of ether oxygens (including phenoxy) is 1. The molecule has 2 nitrogen and oxygen atoms in total. The molecule has 1 aromatic rings. The van der Waals surface area contributed by atoms with Crippen LogP contribution in [-0.4, -0.2) is 34.7 Å². The zero-order valence-corrected chi connectivity index (χ0v) is 10.9. The van der Waals surface area contributed by atoms with Crippen LogP contribution in [0.3, 0.4) is 0 Å². The van der Waals surface area contributed by atoms with Gasteiger partial charge in [-0.3, -0.25) is 0 Å². The molecule has 0 bridgehead atoms. The SMILES string of the molecule is CN(Cc1ccccc1)C(=S)SCC1CO1. The van der Waals surface area contributed by atoms with E-state index in [4.69, 9.17) is 17.0 Å². The second kappa shape index (κ2) is 5.66. The normalized spacial score (nSPS) is 18.2. The standard InChI is InChI=1S/C12H15NOS2/c1-13(7-10-5-3-2-4-6-10)12(15)16-9-11-8-14-11/h2-6,11H,7-9H2,1H3. The van der Waals surface area contributed by atoms with Gasteiger partial charge in [0.25, 0.3) is 0 Å². The Hall–Kier alpha value is -0.580. The lowest BCUT2D eigenvalue weighted by Gasteiger charge is -2.19. The van der Waals surface area contributed by atoms with E-state index in [1.165, 1.54) is 5.56 Å². The van der Waals surface area contributed by atoms with Gasteiger partial charge in [-0.25, -0.2) is 0 Å². The van der Waals surface area contributed by atoms with Crippen molar-refractivity contribution in [2.45, 2.75) is 12.6 Å².